The molecule has 38 heavy (non-hydrogen) atoms. The molecule has 9 heteroatoms. The third kappa shape index (κ3) is 5.41. The number of hydrogen-bond donors (Lipinski definition) is 0. The van der Waals surface area contributed by atoms with E-state index in [2.05, 4.69) is 0 Å². The maximum atomic E-state index is 13.6. The molecule has 1 unspecified atom stereocenters. The predicted octanol–water partition coefficient (Wildman–Crippen LogP) is 6.06. The lowest BCUT2D eigenvalue weighted by molar-refractivity contribution is -0.127. The van der Waals surface area contributed by atoms with Crippen molar-refractivity contribution >= 4 is 27.9 Å². The Morgan fingerprint density at radius 3 is 2.08 bits per heavy atom. The van der Waals surface area contributed by atoms with Crippen LogP contribution in [0.2, 0.25) is 0 Å². The molecular formula is C29H29N3O4S2. The highest BCUT2D eigenvalue weighted by Gasteiger charge is 2.50. The largest absolute Gasteiger partial charge is 0.431 e. The van der Waals surface area contributed by atoms with Gasteiger partial charge in [-0.15, -0.1) is 0 Å². The summed E-state index contributed by atoms with van der Waals surface area (Å²) in [6, 6.07) is 27.9. The molecule has 0 bridgehead atoms. The Labute approximate surface area is 227 Å². The minimum absolute atomic E-state index is 0.121. The number of benzene rings is 3. The van der Waals surface area contributed by atoms with Crippen LogP contribution in [0.1, 0.15) is 25.8 Å². The maximum absolute atomic E-state index is 13.6. The van der Waals surface area contributed by atoms with Crippen LogP contribution in [-0.2, 0) is 21.5 Å². The molecule has 1 aliphatic rings. The molecule has 1 aliphatic heterocycles. The summed E-state index contributed by atoms with van der Waals surface area (Å²) in [6.07, 6.45) is 0.446. The van der Waals surface area contributed by atoms with Crippen molar-refractivity contribution in [2.24, 2.45) is 5.92 Å². The monoisotopic (exact) mass is 547 g/mol. The van der Waals surface area contributed by atoms with E-state index < -0.39 is 22.2 Å². The summed E-state index contributed by atoms with van der Waals surface area (Å²) in [5, 5.41) is 0.299. The van der Waals surface area contributed by atoms with Crippen LogP contribution in [0.15, 0.2) is 101 Å². The first-order valence-corrected chi connectivity index (χ1v) is 14.8. The molecule has 1 aromatic heterocycles. The molecule has 4 aromatic rings. The molecule has 5 rings (SSSR count). The van der Waals surface area contributed by atoms with Gasteiger partial charge in [0.05, 0.1) is 5.88 Å². The molecule has 196 valence electrons. The fourth-order valence-corrected chi connectivity index (χ4v) is 7.25. The molecule has 0 saturated carbocycles. The van der Waals surface area contributed by atoms with Gasteiger partial charge in [-0.3, -0.25) is 4.79 Å². The van der Waals surface area contributed by atoms with Gasteiger partial charge >= 0.3 is 10.2 Å². The van der Waals surface area contributed by atoms with E-state index in [1.54, 1.807) is 0 Å². The lowest BCUT2D eigenvalue weighted by atomic mass is 10.0. The van der Waals surface area contributed by atoms with Crippen molar-refractivity contribution in [3.05, 3.63) is 96.6 Å². The third-order valence-corrected chi connectivity index (χ3v) is 9.14. The first-order valence-electron chi connectivity index (χ1n) is 12.5. The van der Waals surface area contributed by atoms with Crippen LogP contribution in [0.5, 0.6) is 0 Å². The Hall–Kier alpha value is -3.40. The molecule has 7 nitrogen and oxygen atoms in total. The van der Waals surface area contributed by atoms with Crippen LogP contribution in [0.4, 0.5) is 0 Å². The highest BCUT2D eigenvalue weighted by atomic mass is 32.2. The number of hydrogen-bond acceptors (Lipinski definition) is 6. The van der Waals surface area contributed by atoms with Gasteiger partial charge in [-0.05, 0) is 29.7 Å². The topological polar surface area (TPSA) is 83.7 Å². The van der Waals surface area contributed by atoms with Gasteiger partial charge in [0.25, 0.3) is 11.1 Å². The normalized spacial score (nSPS) is 17.4. The summed E-state index contributed by atoms with van der Waals surface area (Å²) >= 11 is 1.10. The fraction of sp³-hybridized carbons (Fsp3) is 0.241. The number of amides is 1. The van der Waals surface area contributed by atoms with Gasteiger partial charge in [0.1, 0.15) is 11.7 Å². The zero-order valence-electron chi connectivity index (χ0n) is 21.2. The Bertz CT molecular complexity index is 1430. The third-order valence-electron chi connectivity index (χ3n) is 6.33. The second-order valence-corrected chi connectivity index (χ2v) is 12.2. The minimum Gasteiger partial charge on any atom is -0.431 e. The summed E-state index contributed by atoms with van der Waals surface area (Å²) < 4.78 is 35.6. The van der Waals surface area contributed by atoms with E-state index in [0.717, 1.165) is 32.8 Å². The standard InChI is InChI=1S/C29H29N3O4S2/c1-21(2)18-25-28(33)32(38(34,35)31(25)19-22-12-6-3-7-13-22)20-37-29-30-26(23-14-8-4-9-15-23)27(36-29)24-16-10-5-11-17-24/h3-17,21,25H,18-20H2,1-2H3. The Morgan fingerprint density at radius 2 is 1.47 bits per heavy atom. The van der Waals surface area contributed by atoms with E-state index in [0.29, 0.717) is 23.1 Å². The quantitative estimate of drug-likeness (QED) is 0.237. The van der Waals surface area contributed by atoms with Crippen LogP contribution in [0.25, 0.3) is 22.6 Å². The van der Waals surface area contributed by atoms with E-state index in [4.69, 9.17) is 9.40 Å². The van der Waals surface area contributed by atoms with Crippen LogP contribution in [0, 0.1) is 5.92 Å². The second-order valence-electron chi connectivity index (χ2n) is 9.53. The number of thioether (sulfide) groups is 1. The van der Waals surface area contributed by atoms with Crippen molar-refractivity contribution in [3.63, 3.8) is 0 Å². The van der Waals surface area contributed by atoms with E-state index in [1.165, 1.54) is 4.31 Å². The van der Waals surface area contributed by atoms with Crippen LogP contribution >= 0.6 is 11.8 Å². The lowest BCUT2D eigenvalue weighted by Gasteiger charge is -2.21. The molecule has 1 saturated heterocycles. The molecule has 0 spiro atoms. The van der Waals surface area contributed by atoms with Crippen molar-refractivity contribution in [2.45, 2.75) is 38.1 Å². The zero-order chi connectivity index (χ0) is 26.7. The highest BCUT2D eigenvalue weighted by molar-refractivity contribution is 7.99. The van der Waals surface area contributed by atoms with E-state index in [1.807, 2.05) is 105 Å². The number of carbonyl (C=O) groups is 1. The molecular weight excluding hydrogens is 518 g/mol. The lowest BCUT2D eigenvalue weighted by Crippen LogP contribution is -2.36. The summed E-state index contributed by atoms with van der Waals surface area (Å²) in [6.45, 7) is 4.12. The Kier molecular flexibility index (Phi) is 7.69. The molecule has 0 N–H and O–H groups in total. The van der Waals surface area contributed by atoms with E-state index in [9.17, 15) is 13.2 Å². The fourth-order valence-electron chi connectivity index (χ4n) is 4.49. The molecule has 1 fully saturated rings. The summed E-state index contributed by atoms with van der Waals surface area (Å²) in [5.74, 6) is 0.210. The van der Waals surface area contributed by atoms with Crippen molar-refractivity contribution in [2.75, 3.05) is 5.88 Å². The smallest absolute Gasteiger partial charge is 0.308 e. The molecule has 0 radical (unpaired) electrons. The van der Waals surface area contributed by atoms with Crippen molar-refractivity contribution in [3.8, 4) is 22.6 Å². The SMILES string of the molecule is CC(C)CC1C(=O)N(CSc2nc(-c3ccccc3)c(-c3ccccc3)o2)S(=O)(=O)N1Cc1ccccc1. The molecule has 3 aromatic carbocycles. The zero-order valence-corrected chi connectivity index (χ0v) is 22.9. The van der Waals surface area contributed by atoms with Gasteiger partial charge in [0.2, 0.25) is 0 Å². The Morgan fingerprint density at radius 1 is 0.895 bits per heavy atom. The van der Waals surface area contributed by atoms with Gasteiger partial charge in [-0.25, -0.2) is 9.29 Å². The van der Waals surface area contributed by atoms with Gasteiger partial charge in [0, 0.05) is 17.7 Å². The van der Waals surface area contributed by atoms with Crippen LogP contribution in [-0.4, -0.2) is 39.8 Å². The number of rotatable bonds is 9. The first kappa shape index (κ1) is 26.2. The average molecular weight is 548 g/mol. The number of nitrogens with zero attached hydrogens (tertiary/aromatic N) is 3. The van der Waals surface area contributed by atoms with Gasteiger partial charge < -0.3 is 4.42 Å². The van der Waals surface area contributed by atoms with Crippen molar-refractivity contribution in [1.82, 2.24) is 13.6 Å². The molecule has 1 amide bonds. The average Bonchev–Trinajstić information content (AvgIpc) is 3.42. The minimum atomic E-state index is -4.02. The molecule has 2 heterocycles. The summed E-state index contributed by atoms with van der Waals surface area (Å²) in [4.78, 5) is 18.1. The maximum Gasteiger partial charge on any atom is 0.308 e. The number of oxazole rings is 1. The van der Waals surface area contributed by atoms with Crippen molar-refractivity contribution < 1.29 is 17.6 Å². The summed E-state index contributed by atoms with van der Waals surface area (Å²) in [7, 11) is -4.02. The molecule has 0 aliphatic carbocycles. The first-order chi connectivity index (χ1) is 18.3. The predicted molar refractivity (Wildman–Crippen MR) is 149 cm³/mol. The molecule has 1 atom stereocenters. The second kappa shape index (κ2) is 11.1. The van der Waals surface area contributed by atoms with Crippen molar-refractivity contribution in [1.29, 1.82) is 0 Å². The number of aromatic nitrogens is 1. The van der Waals surface area contributed by atoms with Gasteiger partial charge in [0.15, 0.2) is 5.76 Å². The number of carbonyl (C=O) groups excluding carboxylic acids is 1. The van der Waals surface area contributed by atoms with Crippen LogP contribution in [0.3, 0.4) is 0 Å². The summed E-state index contributed by atoms with van der Waals surface area (Å²) in [5.41, 5.74) is 3.25. The van der Waals surface area contributed by atoms with E-state index >= 15 is 0 Å². The van der Waals surface area contributed by atoms with Crippen LogP contribution < -0.4 is 0 Å². The van der Waals surface area contributed by atoms with E-state index in [-0.39, 0.29) is 18.3 Å². The van der Waals surface area contributed by atoms with Gasteiger partial charge in [-0.1, -0.05) is 105 Å². The van der Waals surface area contributed by atoms with Gasteiger partial charge in [-0.2, -0.15) is 12.7 Å². The Balaban J connectivity index is 1.43. The highest BCUT2D eigenvalue weighted by Crippen LogP contribution is 2.37.